The Hall–Kier alpha value is -5.82. The van der Waals surface area contributed by atoms with Gasteiger partial charge < -0.3 is 74.4 Å². The summed E-state index contributed by atoms with van der Waals surface area (Å²) >= 11 is 0. The third-order valence-corrected chi connectivity index (χ3v) is 8.97. The number of aliphatic hydroxyl groups excluding tert-OH is 7. The molecule has 6 rings (SSSR count). The van der Waals surface area contributed by atoms with E-state index < -0.39 is 102 Å². The number of carbonyl (C=O) groups excluding carboxylic acids is 1. The summed E-state index contributed by atoms with van der Waals surface area (Å²) in [5.74, 6) is -5.37. The normalized spacial score (nSPS) is 25.9. The van der Waals surface area contributed by atoms with Crippen LogP contribution in [0, 0.1) is 5.92 Å². The minimum atomic E-state index is -1.91. The van der Waals surface area contributed by atoms with Crippen molar-refractivity contribution in [2.24, 2.45) is 5.92 Å². The van der Waals surface area contributed by atoms with Crippen LogP contribution in [0.25, 0.3) is 28.4 Å². The molecule has 1 aliphatic heterocycles. The second kappa shape index (κ2) is 15.7. The molecule has 4 aromatic rings. The van der Waals surface area contributed by atoms with E-state index in [0.717, 1.165) is 18.2 Å². The average Bonchev–Trinajstić information content (AvgIpc) is 3.15. The van der Waals surface area contributed by atoms with Crippen LogP contribution in [0.4, 0.5) is 0 Å². The van der Waals surface area contributed by atoms with Crippen LogP contribution in [0.15, 0.2) is 87.5 Å². The summed E-state index contributed by atoms with van der Waals surface area (Å²) in [6.45, 7) is -1.20. The van der Waals surface area contributed by atoms with Crippen LogP contribution >= 0.6 is 0 Å². The first kappa shape index (κ1) is 37.9. The molecule has 54 heavy (non-hydrogen) atoms. The van der Waals surface area contributed by atoms with Crippen molar-refractivity contribution in [2.75, 3.05) is 13.2 Å². The highest BCUT2D eigenvalue weighted by atomic mass is 16.7. The van der Waals surface area contributed by atoms with Gasteiger partial charge in [-0.25, -0.2) is 4.79 Å². The van der Waals surface area contributed by atoms with Gasteiger partial charge in [0.2, 0.25) is 17.5 Å². The summed E-state index contributed by atoms with van der Waals surface area (Å²) in [4.78, 5) is 26.5. The highest BCUT2D eigenvalue weighted by molar-refractivity contribution is 5.88. The minimum absolute atomic E-state index is 0.0412. The van der Waals surface area contributed by atoms with Gasteiger partial charge in [-0.05, 0) is 54.5 Å². The number of hydrogen-bond acceptors (Lipinski definition) is 17. The van der Waals surface area contributed by atoms with E-state index in [0.29, 0.717) is 5.56 Å². The van der Waals surface area contributed by atoms with Crippen LogP contribution in [-0.4, -0.2) is 113 Å². The molecular weight excluding hydrogens is 716 g/mol. The third kappa shape index (κ3) is 7.76. The maximum absolute atomic E-state index is 14.1. The number of phenolic OH excluding ortho intramolecular Hbond substituents is 3. The van der Waals surface area contributed by atoms with Crippen molar-refractivity contribution in [3.05, 3.63) is 94.0 Å². The molecule has 1 fully saturated rings. The number of hydrogen-bond donors (Lipinski definition) is 10. The zero-order chi connectivity index (χ0) is 38.8. The summed E-state index contributed by atoms with van der Waals surface area (Å²) in [6.07, 6.45) is -9.27. The molecule has 0 amide bonds. The van der Waals surface area contributed by atoms with Gasteiger partial charge in [0.05, 0.1) is 19.3 Å². The van der Waals surface area contributed by atoms with Gasteiger partial charge in [-0.1, -0.05) is 12.1 Å². The highest BCUT2D eigenvalue weighted by Crippen LogP contribution is 2.39. The lowest BCUT2D eigenvalue weighted by Gasteiger charge is -2.40. The number of esters is 1. The molecule has 0 bridgehead atoms. The van der Waals surface area contributed by atoms with Gasteiger partial charge in [-0.3, -0.25) is 4.79 Å². The van der Waals surface area contributed by atoms with Crippen molar-refractivity contribution in [1.29, 1.82) is 0 Å². The van der Waals surface area contributed by atoms with E-state index in [2.05, 4.69) is 0 Å². The van der Waals surface area contributed by atoms with E-state index in [9.17, 15) is 60.7 Å². The molecule has 2 heterocycles. The minimum Gasteiger partial charge on any atom is -0.508 e. The summed E-state index contributed by atoms with van der Waals surface area (Å²) in [6, 6.07) is 13.4. The first-order chi connectivity index (χ1) is 25.7. The SMILES string of the molecule is O=C(/C=C/c1ccc(O)cc1)OC[C@H]1C[C@@H](Oc2c(-c3ccc(O)cc3)oc3cc(O[C@@H]4OC(CO)C(O)=C(O)C4O)cc(O)c3c2=O)C(O)C(O)[C@@H]1O. The largest absolute Gasteiger partial charge is 0.508 e. The number of rotatable bonds is 10. The van der Waals surface area contributed by atoms with Gasteiger partial charge in [-0.2, -0.15) is 0 Å². The Bertz CT molecular complexity index is 2110. The van der Waals surface area contributed by atoms with E-state index in [1.165, 1.54) is 42.5 Å². The molecule has 1 aromatic heterocycles. The fourth-order valence-electron chi connectivity index (χ4n) is 6.04. The number of phenols is 3. The molecule has 17 heteroatoms. The fraction of sp³-hybridized carbons (Fsp3) is 0.297. The Labute approximate surface area is 304 Å². The van der Waals surface area contributed by atoms with Crippen molar-refractivity contribution in [2.45, 2.75) is 49.3 Å². The Kier molecular flexibility index (Phi) is 11.0. The summed E-state index contributed by atoms with van der Waals surface area (Å²) in [5.41, 5.74) is -0.484. The van der Waals surface area contributed by atoms with E-state index in [1.54, 1.807) is 12.1 Å². The molecule has 286 valence electrons. The topological polar surface area (TPSA) is 286 Å². The third-order valence-electron chi connectivity index (χ3n) is 8.97. The van der Waals surface area contributed by atoms with Crippen LogP contribution < -0.4 is 14.9 Å². The van der Waals surface area contributed by atoms with E-state index >= 15 is 0 Å². The van der Waals surface area contributed by atoms with Gasteiger partial charge >= 0.3 is 5.97 Å². The van der Waals surface area contributed by atoms with Gasteiger partial charge in [0.1, 0.15) is 58.4 Å². The second-order valence-electron chi connectivity index (χ2n) is 12.6. The summed E-state index contributed by atoms with van der Waals surface area (Å²) in [7, 11) is 0. The van der Waals surface area contributed by atoms with Crippen LogP contribution in [0.1, 0.15) is 12.0 Å². The van der Waals surface area contributed by atoms with Crippen molar-refractivity contribution in [3.8, 4) is 40.1 Å². The molecule has 1 saturated carbocycles. The zero-order valence-electron chi connectivity index (χ0n) is 28.0. The molecule has 0 spiro atoms. The van der Waals surface area contributed by atoms with Gasteiger partial charge in [0.25, 0.3) is 0 Å². The number of aromatic hydroxyl groups is 3. The molecule has 1 aliphatic carbocycles. The fourth-order valence-corrected chi connectivity index (χ4v) is 6.04. The average molecular weight is 753 g/mol. The maximum Gasteiger partial charge on any atom is 0.330 e. The molecule has 2 aliphatic rings. The first-order valence-corrected chi connectivity index (χ1v) is 16.5. The smallest absolute Gasteiger partial charge is 0.330 e. The van der Waals surface area contributed by atoms with Crippen LogP contribution in [-0.2, 0) is 14.3 Å². The molecule has 3 aromatic carbocycles. The molecule has 4 unspecified atom stereocenters. The summed E-state index contributed by atoms with van der Waals surface area (Å²) in [5, 5.41) is 102. The van der Waals surface area contributed by atoms with E-state index in [-0.39, 0.29) is 40.6 Å². The van der Waals surface area contributed by atoms with Crippen LogP contribution in [0.3, 0.4) is 0 Å². The second-order valence-corrected chi connectivity index (χ2v) is 12.6. The van der Waals surface area contributed by atoms with E-state index in [4.69, 9.17) is 23.4 Å². The number of ether oxygens (including phenoxy) is 4. The van der Waals surface area contributed by atoms with Crippen molar-refractivity contribution < 1.29 is 79.2 Å². The molecule has 8 atom stereocenters. The van der Waals surface area contributed by atoms with Crippen LogP contribution in [0.5, 0.6) is 28.7 Å². The standard InChI is InChI=1S/C37H36O17/c38-14-25-30(45)33(48)34(49)37(54-25)51-21-12-22(41)27-23(13-21)52-35(17-4-8-20(40)9-5-17)36(31(27)46)53-24-11-18(28(43)32(47)29(24)44)15-50-26(42)10-3-16-1-6-19(39)7-2-16/h1-10,12-13,18,24-25,28-29,32,34,37-41,43-45,47-49H,11,14-15H2/b10-3+/t18-,24-,25?,28-,29?,32?,34?,37-/m1/s1. The predicted octanol–water partition coefficient (Wildman–Crippen LogP) is 1.47. The van der Waals surface area contributed by atoms with Crippen molar-refractivity contribution >= 4 is 23.0 Å². The van der Waals surface area contributed by atoms with Crippen LogP contribution in [0.2, 0.25) is 0 Å². The monoisotopic (exact) mass is 752 g/mol. The number of carbonyl (C=O) groups is 1. The lowest BCUT2D eigenvalue weighted by atomic mass is 9.81. The van der Waals surface area contributed by atoms with Crippen molar-refractivity contribution in [1.82, 2.24) is 0 Å². The Morgan fingerprint density at radius 2 is 1.50 bits per heavy atom. The van der Waals surface area contributed by atoms with Gasteiger partial charge in [0, 0.05) is 29.7 Å². The zero-order valence-corrected chi connectivity index (χ0v) is 28.0. The molecule has 0 radical (unpaired) electrons. The number of fused-ring (bicyclic) bond motifs is 1. The molecule has 17 nitrogen and oxygen atoms in total. The van der Waals surface area contributed by atoms with Gasteiger partial charge in [-0.15, -0.1) is 0 Å². The quantitative estimate of drug-likeness (QED) is 0.0810. The molecular formula is C37H36O17. The molecule has 10 N–H and O–H groups in total. The number of aliphatic hydroxyl groups is 7. The Morgan fingerprint density at radius 1 is 0.833 bits per heavy atom. The summed E-state index contributed by atoms with van der Waals surface area (Å²) < 4.78 is 28.2. The van der Waals surface area contributed by atoms with E-state index in [1.807, 2.05) is 0 Å². The maximum atomic E-state index is 14.1. The number of benzene rings is 3. The van der Waals surface area contributed by atoms with Gasteiger partial charge in [0.15, 0.2) is 23.4 Å². The Balaban J connectivity index is 1.29. The molecule has 0 saturated heterocycles. The first-order valence-electron chi connectivity index (χ1n) is 16.5. The lowest BCUT2D eigenvalue weighted by molar-refractivity contribution is -0.192. The lowest BCUT2D eigenvalue weighted by Crippen LogP contribution is -2.56. The van der Waals surface area contributed by atoms with Crippen molar-refractivity contribution in [3.63, 3.8) is 0 Å². The highest BCUT2D eigenvalue weighted by Gasteiger charge is 2.45. The Morgan fingerprint density at radius 3 is 2.17 bits per heavy atom. The predicted molar refractivity (Wildman–Crippen MR) is 185 cm³/mol.